The van der Waals surface area contributed by atoms with Crippen LogP contribution in [0, 0.1) is 6.92 Å². The monoisotopic (exact) mass is 836 g/mol. The minimum Gasteiger partial charge on any atom is -0.311 e. The molecule has 0 unspecified atom stereocenters. The van der Waals surface area contributed by atoms with Crippen LogP contribution in [0.5, 0.6) is 0 Å². The number of nitrogens with zero attached hydrogens (tertiary/aromatic N) is 4. The average molecular weight is 837 g/mol. The predicted molar refractivity (Wildman–Crippen MR) is 271 cm³/mol. The van der Waals surface area contributed by atoms with Crippen molar-refractivity contribution in [1.82, 2.24) is 9.13 Å². The summed E-state index contributed by atoms with van der Waals surface area (Å²) in [6.07, 6.45) is 0. The number of hydrogen-bond acceptors (Lipinski definition) is 4. The van der Waals surface area contributed by atoms with E-state index in [4.69, 9.17) is 0 Å². The zero-order valence-electron chi connectivity index (χ0n) is 34.2. The van der Waals surface area contributed by atoms with Gasteiger partial charge in [-0.05, 0) is 107 Å². The molecule has 4 nitrogen and oxygen atoms in total. The van der Waals surface area contributed by atoms with Crippen molar-refractivity contribution < 1.29 is 0 Å². The van der Waals surface area contributed by atoms with Crippen molar-refractivity contribution >= 4 is 135 Å². The molecule has 0 bridgehead atoms. The number of benzene rings is 9. The first-order chi connectivity index (χ1) is 31.2. The molecule has 63 heavy (non-hydrogen) atoms. The second-order valence-electron chi connectivity index (χ2n) is 17.1. The Morgan fingerprint density at radius 1 is 0.381 bits per heavy atom. The minimum absolute atomic E-state index is 0.0336. The zero-order chi connectivity index (χ0) is 41.1. The highest BCUT2D eigenvalue weighted by molar-refractivity contribution is 8.28. The normalized spacial score (nSPS) is 14.2. The third-order valence-electron chi connectivity index (χ3n) is 14.0. The molecule has 6 heterocycles. The molecule has 0 atom stereocenters. The summed E-state index contributed by atoms with van der Waals surface area (Å²) in [5.74, 6) is 0.0671. The molecule has 292 valence electrons. The van der Waals surface area contributed by atoms with Gasteiger partial charge in [-0.3, -0.25) is 0 Å². The molecule has 0 spiro atoms. The highest BCUT2D eigenvalue weighted by atomic mass is 32.2. The van der Waals surface area contributed by atoms with Crippen molar-refractivity contribution in [2.24, 2.45) is 0 Å². The zero-order valence-corrected chi connectivity index (χ0v) is 35.8. The first-order valence-electron chi connectivity index (χ1n) is 21.7. The van der Waals surface area contributed by atoms with Crippen LogP contribution < -0.4 is 31.7 Å². The number of rotatable bonds is 2. The Labute approximate surface area is 373 Å². The minimum atomic E-state index is 0.0336. The highest BCUT2D eigenvalue weighted by Gasteiger charge is 2.46. The summed E-state index contributed by atoms with van der Waals surface area (Å²) >= 11 is 4.03. The molecule has 8 heteroatoms. The van der Waals surface area contributed by atoms with Crippen molar-refractivity contribution in [2.45, 2.75) is 16.7 Å². The summed E-state index contributed by atoms with van der Waals surface area (Å²) in [6, 6.07) is 70.4. The number of para-hydroxylation sites is 6. The van der Waals surface area contributed by atoms with Crippen molar-refractivity contribution in [2.75, 3.05) is 9.80 Å². The van der Waals surface area contributed by atoms with Crippen LogP contribution in [-0.2, 0) is 0 Å². The van der Waals surface area contributed by atoms with Gasteiger partial charge < -0.3 is 18.9 Å². The molecule has 15 rings (SSSR count). The van der Waals surface area contributed by atoms with E-state index in [-0.39, 0.29) is 12.0 Å². The lowest BCUT2D eigenvalue weighted by atomic mass is 9.52. The summed E-state index contributed by atoms with van der Waals surface area (Å²) in [5.41, 5.74) is 21.7. The molecule has 0 saturated heterocycles. The van der Waals surface area contributed by atoms with Gasteiger partial charge in [0.1, 0.15) is 0 Å². The van der Waals surface area contributed by atoms with Crippen molar-refractivity contribution in [1.29, 1.82) is 0 Å². The van der Waals surface area contributed by atoms with Gasteiger partial charge in [0.15, 0.2) is 0 Å². The van der Waals surface area contributed by atoms with E-state index in [9.17, 15) is 0 Å². The number of fused-ring (bicyclic) bond motifs is 14. The van der Waals surface area contributed by atoms with Gasteiger partial charge in [-0.2, -0.15) is 23.2 Å². The molecule has 9 aromatic carbocycles. The molecule has 4 aliphatic rings. The number of aromatic nitrogens is 2. The van der Waals surface area contributed by atoms with E-state index >= 15 is 0 Å². The average Bonchev–Trinajstić information content (AvgIpc) is 3.73. The molecule has 2 aromatic heterocycles. The molecule has 4 aliphatic heterocycles. The Bertz CT molecular complexity index is 3560. The summed E-state index contributed by atoms with van der Waals surface area (Å²) in [7, 11) is 0. The molecule has 0 aliphatic carbocycles. The van der Waals surface area contributed by atoms with Crippen LogP contribution >= 0.6 is 23.2 Å². The molecule has 11 aromatic rings. The van der Waals surface area contributed by atoms with Crippen LogP contribution in [0.25, 0.3) is 55.0 Å². The van der Waals surface area contributed by atoms with Crippen molar-refractivity contribution in [3.63, 3.8) is 0 Å². The van der Waals surface area contributed by atoms with E-state index in [2.05, 4.69) is 214 Å². The molecule has 0 amide bonds. The van der Waals surface area contributed by atoms with Crippen molar-refractivity contribution in [3.05, 3.63) is 194 Å². The van der Waals surface area contributed by atoms with Gasteiger partial charge >= 0.3 is 0 Å². The Balaban J connectivity index is 1.11. The quantitative estimate of drug-likeness (QED) is 0.161. The third kappa shape index (κ3) is 4.42. The molecule has 0 saturated carbocycles. The lowest BCUT2D eigenvalue weighted by Crippen LogP contribution is -2.54. The highest BCUT2D eigenvalue weighted by Crippen LogP contribution is 2.52. The summed E-state index contributed by atoms with van der Waals surface area (Å²) in [6.45, 7) is 2.40. The maximum atomic E-state index is 2.64. The fourth-order valence-electron chi connectivity index (χ4n) is 11.6. The molecule has 0 N–H and O–H groups in total. The Morgan fingerprint density at radius 3 is 1.27 bits per heavy atom. The van der Waals surface area contributed by atoms with Crippen LogP contribution in [0.3, 0.4) is 0 Å². The van der Waals surface area contributed by atoms with Gasteiger partial charge in [0.25, 0.3) is 12.0 Å². The van der Waals surface area contributed by atoms with Gasteiger partial charge in [-0.1, -0.05) is 115 Å². The Kier molecular flexibility index (Phi) is 6.90. The smallest absolute Gasteiger partial charge is 0.287 e. The predicted octanol–water partition coefficient (Wildman–Crippen LogP) is 12.2. The van der Waals surface area contributed by atoms with E-state index in [1.807, 2.05) is 23.2 Å². The largest absolute Gasteiger partial charge is 0.311 e. The van der Waals surface area contributed by atoms with E-state index in [0.29, 0.717) is 0 Å². The third-order valence-corrected chi connectivity index (χ3v) is 16.7. The fraction of sp³-hybridized carbons (Fsp3) is 0.0182. The van der Waals surface area contributed by atoms with Crippen LogP contribution in [0.4, 0.5) is 34.1 Å². The number of anilines is 6. The maximum absolute atomic E-state index is 2.64. The fourth-order valence-corrected chi connectivity index (χ4v) is 14.3. The van der Waals surface area contributed by atoms with Gasteiger partial charge in [-0.25, -0.2) is 0 Å². The van der Waals surface area contributed by atoms with Gasteiger partial charge in [0, 0.05) is 65.5 Å². The van der Waals surface area contributed by atoms with Gasteiger partial charge in [0.05, 0.1) is 33.4 Å². The van der Waals surface area contributed by atoms with E-state index in [1.165, 1.54) is 115 Å². The lowest BCUT2D eigenvalue weighted by molar-refractivity contribution is 1.13. The lowest BCUT2D eigenvalue weighted by Gasteiger charge is -2.43. The maximum Gasteiger partial charge on any atom is 0.287 e. The Hall–Kier alpha value is -6.99. The van der Waals surface area contributed by atoms with E-state index in [0.717, 1.165) is 11.4 Å². The van der Waals surface area contributed by atoms with Gasteiger partial charge in [0.2, 0.25) is 0 Å². The molecular formula is C55H34B2N4S2. The van der Waals surface area contributed by atoms with Crippen LogP contribution in [0.2, 0.25) is 0 Å². The van der Waals surface area contributed by atoms with E-state index < -0.39 is 0 Å². The second-order valence-corrected chi connectivity index (χ2v) is 19.4. The second kappa shape index (κ2) is 12.6. The topological polar surface area (TPSA) is 16.3 Å². The summed E-state index contributed by atoms with van der Waals surface area (Å²) < 4.78 is 5.12. The molecule has 0 fully saturated rings. The molecule has 0 radical (unpaired) electrons. The first-order valence-corrected chi connectivity index (χ1v) is 23.5. The van der Waals surface area contributed by atoms with E-state index in [1.54, 1.807) is 0 Å². The summed E-state index contributed by atoms with van der Waals surface area (Å²) in [4.78, 5) is 7.76. The van der Waals surface area contributed by atoms with Gasteiger partial charge in [-0.15, -0.1) is 0 Å². The SMILES string of the molecule is Cc1c2c(cc3c1N(c1ccccc1)c1ccc4c5ccccc5n5c4c1B3Sc1ccccc1-5)B1Sc3ccccc3-n3c4ccccc4c4ccc(c1c43)N2c1ccccc1. The number of hydrogen-bond donors (Lipinski definition) is 0. The summed E-state index contributed by atoms with van der Waals surface area (Å²) in [5, 5.41) is 5.18. The van der Waals surface area contributed by atoms with Crippen molar-refractivity contribution in [3.8, 4) is 11.4 Å². The van der Waals surface area contributed by atoms with Crippen LogP contribution in [0.1, 0.15) is 5.56 Å². The molecular weight excluding hydrogens is 802 g/mol. The van der Waals surface area contributed by atoms with Crippen LogP contribution in [-0.4, -0.2) is 21.1 Å². The Morgan fingerprint density at radius 2 is 0.794 bits per heavy atom. The first kappa shape index (κ1) is 34.6. The standard InChI is InChI=1S/C55H34B2N4S2/c1-33-52-40(56-50-46(58(52)34-16-4-2-5-17-34)30-28-38-36-20-8-10-22-42(36)60(54(38)50)44-24-12-14-26-48(44)62-56)32-41-53(33)59(35-18-6-3-7-19-35)47-31-29-39-37-21-9-11-23-43(37)61-45-25-13-15-27-49(45)63-57(41)51(47)55(39)61/h2-32H,1H3. The van der Waals surface area contributed by atoms with Crippen LogP contribution in [0.15, 0.2) is 198 Å².